The molecule has 30 heavy (non-hydrogen) atoms. The van der Waals surface area contributed by atoms with E-state index in [9.17, 15) is 0 Å². The Labute approximate surface area is 184 Å². The fraction of sp³-hybridized carbons (Fsp3) is 0.167. The molecule has 0 spiro atoms. The smallest absolute Gasteiger partial charge is 0.207 e. The molecule has 0 radical (unpaired) electrons. The maximum absolute atomic E-state index is 5.30. The number of benzene rings is 2. The van der Waals surface area contributed by atoms with E-state index in [0.717, 1.165) is 39.8 Å². The number of nitrogens with zero attached hydrogens (tertiary/aromatic N) is 3. The fourth-order valence-corrected chi connectivity index (χ4v) is 5.22. The number of methoxy groups -OCH3 is 1. The summed E-state index contributed by atoms with van der Waals surface area (Å²) in [6.45, 7) is 2.10. The van der Waals surface area contributed by atoms with Gasteiger partial charge in [0.1, 0.15) is 5.75 Å². The van der Waals surface area contributed by atoms with Gasteiger partial charge < -0.3 is 4.74 Å². The summed E-state index contributed by atoms with van der Waals surface area (Å²) < 4.78 is 5.30. The number of anilines is 1. The summed E-state index contributed by atoms with van der Waals surface area (Å²) in [4.78, 5) is 6.23. The summed E-state index contributed by atoms with van der Waals surface area (Å²) in [7, 11) is 1.69. The number of hydrogen-bond donors (Lipinski definition) is 0. The molecule has 0 saturated carbocycles. The number of thiazole rings is 1. The first-order chi connectivity index (χ1) is 14.7. The molecule has 1 aliphatic rings. The zero-order valence-corrected chi connectivity index (χ0v) is 18.4. The summed E-state index contributed by atoms with van der Waals surface area (Å²) in [6, 6.07) is 21.1. The molecule has 0 amide bonds. The minimum atomic E-state index is 0.166. The van der Waals surface area contributed by atoms with E-state index in [0.29, 0.717) is 0 Å². The molecule has 0 fully saturated rings. The highest BCUT2D eigenvalue weighted by molar-refractivity contribution is 7.14. The van der Waals surface area contributed by atoms with Crippen molar-refractivity contribution in [2.75, 3.05) is 12.1 Å². The first-order valence-electron chi connectivity index (χ1n) is 9.78. The Balaban J connectivity index is 1.50. The van der Waals surface area contributed by atoms with Gasteiger partial charge in [-0.2, -0.15) is 5.10 Å². The Morgan fingerprint density at radius 3 is 2.43 bits per heavy atom. The van der Waals surface area contributed by atoms with Crippen LogP contribution in [0.1, 0.15) is 28.5 Å². The van der Waals surface area contributed by atoms with E-state index in [4.69, 9.17) is 14.8 Å². The van der Waals surface area contributed by atoms with Gasteiger partial charge in [-0.1, -0.05) is 35.9 Å². The number of hydrogen-bond acceptors (Lipinski definition) is 6. The van der Waals surface area contributed by atoms with E-state index in [1.54, 1.807) is 29.8 Å². The maximum atomic E-state index is 5.30. The number of aryl methyl sites for hydroxylation is 1. The summed E-state index contributed by atoms with van der Waals surface area (Å²) in [5, 5.41) is 12.3. The topological polar surface area (TPSA) is 37.7 Å². The van der Waals surface area contributed by atoms with E-state index >= 15 is 0 Å². The fourth-order valence-electron chi connectivity index (χ4n) is 3.57. The minimum absolute atomic E-state index is 0.166. The van der Waals surface area contributed by atoms with Gasteiger partial charge in [0.05, 0.1) is 24.6 Å². The van der Waals surface area contributed by atoms with E-state index in [1.165, 1.54) is 10.4 Å². The number of rotatable bonds is 5. The van der Waals surface area contributed by atoms with Gasteiger partial charge in [-0.3, -0.25) is 0 Å². The third kappa shape index (κ3) is 3.64. The number of ether oxygens (including phenoxy) is 1. The van der Waals surface area contributed by atoms with E-state index in [2.05, 4.69) is 71.2 Å². The molecular weight excluding hydrogens is 410 g/mol. The van der Waals surface area contributed by atoms with Gasteiger partial charge in [0.15, 0.2) is 0 Å². The lowest BCUT2D eigenvalue weighted by Crippen LogP contribution is -2.17. The first-order valence-corrected chi connectivity index (χ1v) is 11.5. The molecule has 3 heterocycles. The molecule has 2 aromatic heterocycles. The molecule has 4 nitrogen and oxygen atoms in total. The average molecular weight is 432 g/mol. The second kappa shape index (κ2) is 8.05. The van der Waals surface area contributed by atoms with Crippen LogP contribution in [0.5, 0.6) is 5.75 Å². The van der Waals surface area contributed by atoms with Crippen molar-refractivity contribution in [1.29, 1.82) is 0 Å². The summed E-state index contributed by atoms with van der Waals surface area (Å²) in [5.41, 5.74) is 5.57. The number of thiophene rings is 1. The first kappa shape index (κ1) is 19.0. The molecule has 5 rings (SSSR count). The summed E-state index contributed by atoms with van der Waals surface area (Å²) in [5.74, 6) is 0.853. The molecule has 4 aromatic rings. The molecule has 0 N–H and O–H groups in total. The summed E-state index contributed by atoms with van der Waals surface area (Å²) in [6.07, 6.45) is 0.853. The van der Waals surface area contributed by atoms with Crippen LogP contribution in [0.2, 0.25) is 0 Å². The van der Waals surface area contributed by atoms with Crippen molar-refractivity contribution in [3.8, 4) is 17.0 Å². The SMILES string of the molecule is COc1ccc(C2=NN(c3nc(-c4ccc(C)cc4)cs3)[C@@H](c3cccs3)C2)cc1. The Kier molecular flexibility index (Phi) is 5.11. The lowest BCUT2D eigenvalue weighted by atomic mass is 10.0. The van der Waals surface area contributed by atoms with Crippen LogP contribution in [-0.2, 0) is 0 Å². The van der Waals surface area contributed by atoms with E-state index < -0.39 is 0 Å². The van der Waals surface area contributed by atoms with Gasteiger partial charge in [0.25, 0.3) is 0 Å². The van der Waals surface area contributed by atoms with Crippen molar-refractivity contribution in [2.24, 2.45) is 5.10 Å². The molecular formula is C24H21N3OS2. The number of hydrazone groups is 1. The summed E-state index contributed by atoms with van der Waals surface area (Å²) >= 11 is 3.41. The lowest BCUT2D eigenvalue weighted by Gasteiger charge is -2.19. The predicted octanol–water partition coefficient (Wildman–Crippen LogP) is 6.54. The number of aromatic nitrogens is 1. The van der Waals surface area contributed by atoms with Gasteiger partial charge in [-0.05, 0) is 48.2 Å². The van der Waals surface area contributed by atoms with E-state index in [-0.39, 0.29) is 6.04 Å². The molecule has 150 valence electrons. The van der Waals surface area contributed by atoms with Gasteiger partial charge in [0, 0.05) is 22.2 Å². The Bertz CT molecular complexity index is 1160. The second-order valence-corrected chi connectivity index (χ2v) is 9.05. The zero-order chi connectivity index (χ0) is 20.5. The molecule has 1 atom stereocenters. The van der Waals surface area contributed by atoms with Crippen molar-refractivity contribution in [3.05, 3.63) is 87.4 Å². The van der Waals surface area contributed by atoms with Gasteiger partial charge >= 0.3 is 0 Å². The molecule has 2 aromatic carbocycles. The van der Waals surface area contributed by atoms with Gasteiger partial charge in [-0.25, -0.2) is 9.99 Å². The van der Waals surface area contributed by atoms with Crippen molar-refractivity contribution in [1.82, 2.24) is 4.98 Å². The predicted molar refractivity (Wildman–Crippen MR) is 126 cm³/mol. The molecule has 6 heteroatoms. The van der Waals surface area contributed by atoms with Gasteiger partial charge in [-0.15, -0.1) is 22.7 Å². The Morgan fingerprint density at radius 2 is 1.73 bits per heavy atom. The largest absolute Gasteiger partial charge is 0.497 e. The van der Waals surface area contributed by atoms with Crippen LogP contribution < -0.4 is 9.75 Å². The molecule has 0 aliphatic carbocycles. The van der Waals surface area contributed by atoms with Crippen LogP contribution in [0.3, 0.4) is 0 Å². The monoisotopic (exact) mass is 431 g/mol. The highest BCUT2D eigenvalue weighted by Crippen LogP contribution is 2.40. The van der Waals surface area contributed by atoms with Crippen molar-refractivity contribution in [2.45, 2.75) is 19.4 Å². The molecule has 0 saturated heterocycles. The average Bonchev–Trinajstić information content (AvgIpc) is 3.54. The third-order valence-electron chi connectivity index (χ3n) is 5.24. The second-order valence-electron chi connectivity index (χ2n) is 7.24. The van der Waals surface area contributed by atoms with Gasteiger partial charge in [0.2, 0.25) is 5.13 Å². The normalized spacial score (nSPS) is 16.0. The van der Waals surface area contributed by atoms with Crippen LogP contribution in [0.25, 0.3) is 11.3 Å². The molecule has 0 unspecified atom stereocenters. The Morgan fingerprint density at radius 1 is 0.967 bits per heavy atom. The molecule has 0 bridgehead atoms. The quantitative estimate of drug-likeness (QED) is 0.360. The Hall–Kier alpha value is -2.96. The van der Waals surface area contributed by atoms with Crippen molar-refractivity contribution >= 4 is 33.5 Å². The maximum Gasteiger partial charge on any atom is 0.207 e. The zero-order valence-electron chi connectivity index (χ0n) is 16.8. The highest BCUT2D eigenvalue weighted by atomic mass is 32.1. The van der Waals surface area contributed by atoms with Crippen LogP contribution >= 0.6 is 22.7 Å². The van der Waals surface area contributed by atoms with Crippen LogP contribution in [0, 0.1) is 6.92 Å². The van der Waals surface area contributed by atoms with E-state index in [1.807, 2.05) is 12.1 Å². The molecule has 1 aliphatic heterocycles. The van der Waals surface area contributed by atoms with Crippen molar-refractivity contribution in [3.63, 3.8) is 0 Å². The lowest BCUT2D eigenvalue weighted by molar-refractivity contribution is 0.415. The highest BCUT2D eigenvalue weighted by Gasteiger charge is 2.32. The standard InChI is InChI=1S/C24H21N3OS2/c1-16-5-7-18(8-6-16)21-15-30-24(25-21)27-22(23-4-3-13-29-23)14-20(26-27)17-9-11-19(28-2)12-10-17/h3-13,15,22H,14H2,1-2H3/t22-/m1/s1. The van der Waals surface area contributed by atoms with Crippen LogP contribution in [-0.4, -0.2) is 17.8 Å². The van der Waals surface area contributed by atoms with Crippen LogP contribution in [0.4, 0.5) is 5.13 Å². The minimum Gasteiger partial charge on any atom is -0.497 e. The van der Waals surface area contributed by atoms with Crippen LogP contribution in [0.15, 0.2) is 76.5 Å². The third-order valence-corrected chi connectivity index (χ3v) is 7.04. The van der Waals surface area contributed by atoms with Crippen molar-refractivity contribution < 1.29 is 4.74 Å².